The number of carbonyl (C=O) groups excluding carboxylic acids is 2. The highest BCUT2D eigenvalue weighted by atomic mass is 32.1. The number of hydrogen-bond donors (Lipinski definition) is 2. The molecule has 2 amide bonds. The molecule has 5 heterocycles. The summed E-state index contributed by atoms with van der Waals surface area (Å²) in [5, 5.41) is 0. The molecule has 1 aromatic carbocycles. The van der Waals surface area contributed by atoms with Crippen LogP contribution < -0.4 is 0 Å². The second-order valence-corrected chi connectivity index (χ2v) is 15.3. The van der Waals surface area contributed by atoms with Gasteiger partial charge in [-0.2, -0.15) is 0 Å². The zero-order valence-electron chi connectivity index (χ0n) is 27.8. The summed E-state index contributed by atoms with van der Waals surface area (Å²) in [6.07, 6.45) is 7.06. The molecule has 2 saturated heterocycles. The van der Waals surface area contributed by atoms with E-state index in [-0.39, 0.29) is 24.3 Å². The van der Waals surface area contributed by atoms with E-state index >= 15 is 0 Å². The Morgan fingerprint density at radius 3 is 2.15 bits per heavy atom. The third kappa shape index (κ3) is 6.99. The van der Waals surface area contributed by atoms with Gasteiger partial charge in [-0.1, -0.05) is 6.07 Å². The number of thiophene rings is 1. The van der Waals surface area contributed by atoms with E-state index in [2.05, 4.69) is 47.2 Å². The second-order valence-electron chi connectivity index (χ2n) is 14.2. The maximum atomic E-state index is 12.8. The van der Waals surface area contributed by atoms with Crippen LogP contribution in [0, 0.1) is 0 Å². The van der Waals surface area contributed by atoms with E-state index in [9.17, 15) is 9.59 Å². The Hall–Kier alpha value is -4.12. The smallest absolute Gasteiger partial charge is 0.410 e. The van der Waals surface area contributed by atoms with Crippen LogP contribution in [0.2, 0.25) is 0 Å². The average Bonchev–Trinajstić information content (AvgIpc) is 3.79. The Morgan fingerprint density at radius 2 is 1.52 bits per heavy atom. The van der Waals surface area contributed by atoms with Crippen LogP contribution in [-0.2, 0) is 9.47 Å². The lowest BCUT2D eigenvalue weighted by Gasteiger charge is -2.27. The molecule has 0 bridgehead atoms. The maximum Gasteiger partial charge on any atom is 0.410 e. The lowest BCUT2D eigenvalue weighted by molar-refractivity contribution is 0.0208. The molecule has 11 heteroatoms. The van der Waals surface area contributed by atoms with E-state index in [1.807, 2.05) is 53.8 Å². The third-order valence-corrected chi connectivity index (χ3v) is 9.24. The van der Waals surface area contributed by atoms with Crippen LogP contribution in [0.4, 0.5) is 9.59 Å². The van der Waals surface area contributed by atoms with Gasteiger partial charge in [0, 0.05) is 24.2 Å². The molecule has 10 nitrogen and oxygen atoms in total. The number of rotatable bonds is 5. The minimum atomic E-state index is -0.540. The predicted molar refractivity (Wildman–Crippen MR) is 181 cm³/mol. The number of likely N-dealkylation sites (tertiary alicyclic amines) is 2. The topological polar surface area (TPSA) is 116 Å². The zero-order valence-corrected chi connectivity index (χ0v) is 28.6. The molecule has 2 atom stereocenters. The first-order valence-electron chi connectivity index (χ1n) is 16.1. The lowest BCUT2D eigenvalue weighted by atomic mass is 10.1. The number of imidazole rings is 2. The minimum Gasteiger partial charge on any atom is -0.444 e. The van der Waals surface area contributed by atoms with E-state index in [0.717, 1.165) is 75.0 Å². The summed E-state index contributed by atoms with van der Waals surface area (Å²) in [5.41, 5.74) is 3.84. The molecule has 1 unspecified atom stereocenters. The minimum absolute atomic E-state index is 0.114. The molecule has 2 N–H and O–H groups in total. The fourth-order valence-electron chi connectivity index (χ4n) is 6.11. The number of aromatic amines is 2. The van der Waals surface area contributed by atoms with E-state index in [0.29, 0.717) is 13.1 Å². The van der Waals surface area contributed by atoms with Crippen LogP contribution in [0.15, 0.2) is 36.5 Å². The van der Waals surface area contributed by atoms with Crippen molar-refractivity contribution in [1.82, 2.24) is 29.7 Å². The molecule has 0 aliphatic carbocycles. The van der Waals surface area contributed by atoms with Crippen LogP contribution in [0.3, 0.4) is 0 Å². The van der Waals surface area contributed by atoms with Crippen LogP contribution >= 0.6 is 11.3 Å². The van der Waals surface area contributed by atoms with Crippen molar-refractivity contribution >= 4 is 46.2 Å². The van der Waals surface area contributed by atoms with Crippen LogP contribution in [0.1, 0.15) is 108 Å². The summed E-state index contributed by atoms with van der Waals surface area (Å²) in [5.74, 6) is 1.59. The zero-order chi connectivity index (χ0) is 32.8. The van der Waals surface area contributed by atoms with Gasteiger partial charge >= 0.3 is 12.2 Å². The molecule has 2 aliphatic rings. The largest absolute Gasteiger partial charge is 0.444 e. The Morgan fingerprint density at radius 1 is 0.891 bits per heavy atom. The first-order valence-corrected chi connectivity index (χ1v) is 16.9. The first kappa shape index (κ1) is 31.8. The Bertz CT molecular complexity index is 1770. The Kier molecular flexibility index (Phi) is 8.47. The number of allylic oxidation sites excluding steroid dienone is 1. The Balaban J connectivity index is 1.15. The van der Waals surface area contributed by atoms with Gasteiger partial charge in [0.15, 0.2) is 0 Å². The SMILES string of the molecule is C/C(=C\c1ccc(-c2c[nH]c(C3CCCN3C(=O)OC(C)(C)C)n2)s1)c1ccc2nc([C@@H]3CCCN3C(=O)OC(C)(C)C)[nH]c2c1. The number of carbonyl (C=O) groups is 2. The van der Waals surface area contributed by atoms with Crippen LogP contribution in [-0.4, -0.2) is 66.2 Å². The number of nitrogens with zero attached hydrogens (tertiary/aromatic N) is 4. The summed E-state index contributed by atoms with van der Waals surface area (Å²) in [7, 11) is 0. The van der Waals surface area contributed by atoms with Gasteiger partial charge in [0.05, 0.1) is 33.7 Å². The van der Waals surface area contributed by atoms with E-state index < -0.39 is 11.2 Å². The van der Waals surface area contributed by atoms with Crippen molar-refractivity contribution in [3.63, 3.8) is 0 Å². The fourth-order valence-corrected chi connectivity index (χ4v) is 7.08. The predicted octanol–water partition coefficient (Wildman–Crippen LogP) is 8.72. The number of ether oxygens (including phenoxy) is 2. The van der Waals surface area contributed by atoms with Crippen molar-refractivity contribution in [2.45, 2.75) is 97.4 Å². The maximum absolute atomic E-state index is 12.8. The Labute approximate surface area is 274 Å². The normalized spacial score (nSPS) is 19.3. The lowest BCUT2D eigenvalue weighted by Crippen LogP contribution is -2.36. The van der Waals surface area contributed by atoms with E-state index in [4.69, 9.17) is 19.4 Å². The van der Waals surface area contributed by atoms with Crippen molar-refractivity contribution in [3.05, 3.63) is 58.6 Å². The molecule has 2 fully saturated rings. The van der Waals surface area contributed by atoms with Crippen molar-refractivity contribution in [2.75, 3.05) is 13.1 Å². The molecule has 2 aliphatic heterocycles. The standard InChI is InChI=1S/C35H44N6O4S/c1-21(22-12-14-24-25(19-22)38-31(37-24)28-11-9-17-41(28)33(43)45-35(5,6)7)18-23-13-15-29(46-23)26-20-36-30(39-26)27-10-8-16-40(27)32(42)44-34(2,3)4/h12-15,18-20,27-28H,8-11,16-17H2,1-7H3,(H,36,39)(H,37,38)/b21-18+/t27?,28-/m0/s1. The molecular weight excluding hydrogens is 600 g/mol. The van der Waals surface area contributed by atoms with Gasteiger partial charge in [-0.15, -0.1) is 11.3 Å². The second kappa shape index (κ2) is 12.2. The summed E-state index contributed by atoms with van der Waals surface area (Å²) < 4.78 is 11.3. The molecule has 0 saturated carbocycles. The number of benzene rings is 1. The molecular formula is C35H44N6O4S. The van der Waals surface area contributed by atoms with Gasteiger partial charge in [-0.25, -0.2) is 19.6 Å². The van der Waals surface area contributed by atoms with Gasteiger partial charge in [0.25, 0.3) is 0 Å². The number of nitrogens with one attached hydrogen (secondary N) is 2. The van der Waals surface area contributed by atoms with Crippen LogP contribution in [0.5, 0.6) is 0 Å². The molecule has 46 heavy (non-hydrogen) atoms. The number of H-pyrrole nitrogens is 2. The molecule has 0 radical (unpaired) electrons. The van der Waals surface area contributed by atoms with E-state index in [1.165, 1.54) is 0 Å². The highest BCUT2D eigenvalue weighted by Crippen LogP contribution is 2.36. The van der Waals surface area contributed by atoms with Gasteiger partial charge < -0.3 is 19.4 Å². The van der Waals surface area contributed by atoms with Crippen molar-refractivity contribution in [2.24, 2.45) is 0 Å². The molecule has 6 rings (SSSR count). The van der Waals surface area contributed by atoms with Crippen molar-refractivity contribution < 1.29 is 19.1 Å². The molecule has 4 aromatic rings. The average molecular weight is 645 g/mol. The number of hydrogen-bond acceptors (Lipinski definition) is 7. The van der Waals surface area contributed by atoms with E-state index in [1.54, 1.807) is 21.1 Å². The van der Waals surface area contributed by atoms with Crippen molar-refractivity contribution in [1.29, 1.82) is 0 Å². The summed E-state index contributed by atoms with van der Waals surface area (Å²) in [6.45, 7) is 14.8. The van der Waals surface area contributed by atoms with Crippen LogP contribution in [0.25, 0.3) is 33.3 Å². The fraction of sp³-hybridized carbons (Fsp3) is 0.486. The monoisotopic (exact) mass is 644 g/mol. The summed E-state index contributed by atoms with van der Waals surface area (Å²) in [4.78, 5) is 47.9. The van der Waals surface area contributed by atoms with Crippen molar-refractivity contribution in [3.8, 4) is 10.6 Å². The van der Waals surface area contributed by atoms with Gasteiger partial charge in [-0.05, 0) is 116 Å². The molecule has 244 valence electrons. The summed E-state index contributed by atoms with van der Waals surface area (Å²) >= 11 is 1.68. The number of fused-ring (bicyclic) bond motifs is 1. The number of aromatic nitrogens is 4. The molecule has 0 spiro atoms. The first-order chi connectivity index (χ1) is 21.7. The summed E-state index contributed by atoms with van der Waals surface area (Å²) in [6, 6.07) is 10.2. The highest BCUT2D eigenvalue weighted by Gasteiger charge is 2.36. The van der Waals surface area contributed by atoms with Gasteiger partial charge in [-0.3, -0.25) is 9.80 Å². The van der Waals surface area contributed by atoms with Gasteiger partial charge in [0.1, 0.15) is 22.9 Å². The van der Waals surface area contributed by atoms with Gasteiger partial charge in [0.2, 0.25) is 0 Å². The third-order valence-electron chi connectivity index (χ3n) is 8.18. The quantitative estimate of drug-likeness (QED) is 0.224. The highest BCUT2D eigenvalue weighted by molar-refractivity contribution is 7.16. The molecule has 3 aromatic heterocycles. The number of amides is 2.